The Bertz CT molecular complexity index is 452. The van der Waals surface area contributed by atoms with Crippen LogP contribution in [0.2, 0.25) is 0 Å². The number of ketones is 1. The van der Waals surface area contributed by atoms with Crippen LogP contribution in [0.1, 0.15) is 30.1 Å². The van der Waals surface area contributed by atoms with Gasteiger partial charge in [-0.25, -0.2) is 0 Å². The molecule has 102 valence electrons. The van der Waals surface area contributed by atoms with E-state index >= 15 is 0 Å². The van der Waals surface area contributed by atoms with E-state index in [0.29, 0.717) is 5.56 Å². The third-order valence-corrected chi connectivity index (χ3v) is 2.57. The minimum Gasteiger partial charge on any atom is -0.481 e. The van der Waals surface area contributed by atoms with Crippen LogP contribution in [-0.2, 0) is 14.3 Å². The molecular weight excluding hydrogens is 248 g/mol. The maximum atomic E-state index is 12.1. The molecule has 0 radical (unpaired) electrons. The fourth-order valence-corrected chi connectivity index (χ4v) is 1.73. The number of benzene rings is 1. The van der Waals surface area contributed by atoms with Gasteiger partial charge in [0.25, 0.3) is 0 Å². The van der Waals surface area contributed by atoms with Crippen LogP contribution in [-0.4, -0.2) is 29.4 Å². The maximum absolute atomic E-state index is 12.1. The second-order valence-electron chi connectivity index (χ2n) is 4.03. The molecular formula is C14H16O5. The predicted octanol–water partition coefficient (Wildman–Crippen LogP) is 1.91. The van der Waals surface area contributed by atoms with Crippen molar-refractivity contribution in [2.75, 3.05) is 6.61 Å². The zero-order valence-corrected chi connectivity index (χ0v) is 10.7. The van der Waals surface area contributed by atoms with Crippen molar-refractivity contribution in [3.63, 3.8) is 0 Å². The zero-order valence-electron chi connectivity index (χ0n) is 10.7. The molecule has 1 aromatic rings. The van der Waals surface area contributed by atoms with E-state index in [1.54, 1.807) is 37.3 Å². The smallest absolute Gasteiger partial charge is 0.306 e. The molecule has 1 aromatic carbocycles. The molecule has 0 bridgehead atoms. The van der Waals surface area contributed by atoms with Gasteiger partial charge in [-0.05, 0) is 6.92 Å². The van der Waals surface area contributed by atoms with E-state index in [9.17, 15) is 14.4 Å². The molecule has 0 saturated carbocycles. The molecule has 1 atom stereocenters. The van der Waals surface area contributed by atoms with Crippen LogP contribution in [0.15, 0.2) is 30.3 Å². The summed E-state index contributed by atoms with van der Waals surface area (Å²) in [5.74, 6) is -2.91. The van der Waals surface area contributed by atoms with Crippen molar-refractivity contribution in [2.45, 2.75) is 19.8 Å². The first-order valence-corrected chi connectivity index (χ1v) is 6.01. The average molecular weight is 264 g/mol. The molecule has 1 N–H and O–H groups in total. The first-order valence-electron chi connectivity index (χ1n) is 6.01. The lowest BCUT2D eigenvalue weighted by atomic mass is 9.92. The topological polar surface area (TPSA) is 80.7 Å². The van der Waals surface area contributed by atoms with E-state index < -0.39 is 17.9 Å². The summed E-state index contributed by atoms with van der Waals surface area (Å²) in [4.78, 5) is 34.3. The summed E-state index contributed by atoms with van der Waals surface area (Å²) in [6.45, 7) is 1.86. The summed E-state index contributed by atoms with van der Waals surface area (Å²) in [6, 6.07) is 8.34. The van der Waals surface area contributed by atoms with Crippen LogP contribution in [0.4, 0.5) is 0 Å². The van der Waals surface area contributed by atoms with Crippen LogP contribution in [0.5, 0.6) is 0 Å². The number of esters is 1. The Morgan fingerprint density at radius 3 is 2.32 bits per heavy atom. The summed E-state index contributed by atoms with van der Waals surface area (Å²) in [5, 5.41) is 8.82. The van der Waals surface area contributed by atoms with Crippen LogP contribution in [0.25, 0.3) is 0 Å². The van der Waals surface area contributed by atoms with Gasteiger partial charge in [-0.1, -0.05) is 30.3 Å². The van der Waals surface area contributed by atoms with Gasteiger partial charge in [0.05, 0.1) is 19.4 Å². The Morgan fingerprint density at radius 2 is 1.79 bits per heavy atom. The van der Waals surface area contributed by atoms with Crippen molar-refractivity contribution >= 4 is 17.7 Å². The monoisotopic (exact) mass is 264 g/mol. The van der Waals surface area contributed by atoms with Crippen LogP contribution in [0.3, 0.4) is 0 Å². The molecule has 19 heavy (non-hydrogen) atoms. The largest absolute Gasteiger partial charge is 0.481 e. The Morgan fingerprint density at radius 1 is 1.16 bits per heavy atom. The van der Waals surface area contributed by atoms with Crippen molar-refractivity contribution in [1.82, 2.24) is 0 Å². The Kier molecular flexibility index (Phi) is 5.73. The number of rotatable bonds is 7. The van der Waals surface area contributed by atoms with Crippen LogP contribution >= 0.6 is 0 Å². The SMILES string of the molecule is CCOC(=O)CC(CC(=O)O)C(=O)c1ccccc1. The summed E-state index contributed by atoms with van der Waals surface area (Å²) in [7, 11) is 0. The molecule has 5 heteroatoms. The second kappa shape index (κ2) is 7.31. The van der Waals surface area contributed by atoms with Crippen molar-refractivity contribution in [2.24, 2.45) is 5.92 Å². The van der Waals surface area contributed by atoms with Gasteiger partial charge in [0.1, 0.15) is 0 Å². The number of aliphatic carboxylic acids is 1. The Labute approximate surface area is 111 Å². The number of Topliss-reactive ketones (excluding diaryl/α,β-unsaturated/α-hetero) is 1. The van der Waals surface area contributed by atoms with Crippen molar-refractivity contribution < 1.29 is 24.2 Å². The highest BCUT2D eigenvalue weighted by molar-refractivity contribution is 6.00. The first-order chi connectivity index (χ1) is 9.04. The lowest BCUT2D eigenvalue weighted by molar-refractivity contribution is -0.144. The quantitative estimate of drug-likeness (QED) is 0.601. The highest BCUT2D eigenvalue weighted by Gasteiger charge is 2.26. The van der Waals surface area contributed by atoms with Gasteiger partial charge in [0, 0.05) is 11.5 Å². The summed E-state index contributed by atoms with van der Waals surface area (Å²) in [5.41, 5.74) is 0.401. The van der Waals surface area contributed by atoms with Crippen LogP contribution < -0.4 is 0 Å². The van der Waals surface area contributed by atoms with E-state index in [-0.39, 0.29) is 25.2 Å². The lowest BCUT2D eigenvalue weighted by Gasteiger charge is -2.12. The Balaban J connectivity index is 2.81. The molecule has 0 amide bonds. The highest BCUT2D eigenvalue weighted by Crippen LogP contribution is 2.17. The van der Waals surface area contributed by atoms with Crippen molar-refractivity contribution in [1.29, 1.82) is 0 Å². The number of carboxylic acids is 1. The van der Waals surface area contributed by atoms with Gasteiger partial charge in [-0.2, -0.15) is 0 Å². The van der Waals surface area contributed by atoms with Crippen molar-refractivity contribution in [3.05, 3.63) is 35.9 Å². The normalized spacial score (nSPS) is 11.6. The number of carbonyl (C=O) groups excluding carboxylic acids is 2. The van der Waals surface area contributed by atoms with Gasteiger partial charge in [0.15, 0.2) is 5.78 Å². The molecule has 0 aliphatic carbocycles. The number of carboxylic acid groups (broad SMARTS) is 1. The molecule has 0 fully saturated rings. The molecule has 5 nitrogen and oxygen atoms in total. The Hall–Kier alpha value is -2.17. The highest BCUT2D eigenvalue weighted by atomic mass is 16.5. The summed E-state index contributed by atoms with van der Waals surface area (Å²) >= 11 is 0. The van der Waals surface area contributed by atoms with Gasteiger partial charge in [0.2, 0.25) is 0 Å². The van der Waals surface area contributed by atoms with Gasteiger partial charge < -0.3 is 9.84 Å². The second-order valence-corrected chi connectivity index (χ2v) is 4.03. The average Bonchev–Trinajstić information content (AvgIpc) is 2.38. The van der Waals surface area contributed by atoms with E-state index in [0.717, 1.165) is 0 Å². The van der Waals surface area contributed by atoms with E-state index in [1.807, 2.05) is 0 Å². The van der Waals surface area contributed by atoms with Gasteiger partial charge >= 0.3 is 11.9 Å². The summed E-state index contributed by atoms with van der Waals surface area (Å²) < 4.78 is 4.76. The predicted molar refractivity (Wildman–Crippen MR) is 67.8 cm³/mol. The van der Waals surface area contributed by atoms with Crippen LogP contribution in [0, 0.1) is 5.92 Å². The lowest BCUT2D eigenvalue weighted by Crippen LogP contribution is -2.23. The van der Waals surface area contributed by atoms with E-state index in [2.05, 4.69) is 0 Å². The number of hydrogen-bond donors (Lipinski definition) is 1. The molecule has 0 aliphatic heterocycles. The molecule has 0 aromatic heterocycles. The molecule has 1 rings (SSSR count). The standard InChI is InChI=1S/C14H16O5/c1-2-19-13(17)9-11(8-12(15)16)14(18)10-6-4-3-5-7-10/h3-7,11H,2,8-9H2,1H3,(H,15,16). The van der Waals surface area contributed by atoms with Gasteiger partial charge in [-0.3, -0.25) is 14.4 Å². The molecule has 1 unspecified atom stereocenters. The van der Waals surface area contributed by atoms with Crippen molar-refractivity contribution in [3.8, 4) is 0 Å². The third-order valence-electron chi connectivity index (χ3n) is 2.57. The molecule has 0 heterocycles. The molecule has 0 saturated heterocycles. The fraction of sp³-hybridized carbons (Fsp3) is 0.357. The number of hydrogen-bond acceptors (Lipinski definition) is 4. The molecule has 0 aliphatic rings. The van der Waals surface area contributed by atoms with E-state index in [1.165, 1.54) is 0 Å². The number of ether oxygens (including phenoxy) is 1. The van der Waals surface area contributed by atoms with Gasteiger partial charge in [-0.15, -0.1) is 0 Å². The first kappa shape index (κ1) is 14.9. The third kappa shape index (κ3) is 4.91. The number of carbonyl (C=O) groups is 3. The minimum atomic E-state index is -1.11. The fourth-order valence-electron chi connectivity index (χ4n) is 1.73. The molecule has 0 spiro atoms. The minimum absolute atomic E-state index is 0.207. The maximum Gasteiger partial charge on any atom is 0.306 e. The summed E-state index contributed by atoms with van der Waals surface area (Å²) in [6.07, 6.45) is -0.597. The van der Waals surface area contributed by atoms with E-state index in [4.69, 9.17) is 9.84 Å². The zero-order chi connectivity index (χ0) is 14.3.